The second kappa shape index (κ2) is 5.14. The molecule has 4 heteroatoms. The maximum absolute atomic E-state index is 5.42. The number of hydrogen-bond acceptors (Lipinski definition) is 4. The third-order valence-corrected chi connectivity index (χ3v) is 4.55. The Hall–Kier alpha value is -1.29. The molecule has 1 saturated carbocycles. The molecule has 0 spiro atoms. The lowest BCUT2D eigenvalue weighted by Crippen LogP contribution is -2.41. The number of hydrogen-bond donors (Lipinski definition) is 2. The molecular weight excluding hydrogens is 224 g/mol. The van der Waals surface area contributed by atoms with Gasteiger partial charge in [-0.1, -0.05) is 19.3 Å². The molecule has 1 saturated heterocycles. The van der Waals surface area contributed by atoms with Crippen LogP contribution in [0.2, 0.25) is 0 Å². The van der Waals surface area contributed by atoms with Crippen molar-refractivity contribution in [1.29, 1.82) is 0 Å². The largest absolute Gasteiger partial charge is 0.371 e. The van der Waals surface area contributed by atoms with Gasteiger partial charge in [-0.25, -0.2) is 10.8 Å². The fraction of sp³-hybridized carbons (Fsp3) is 0.643. The van der Waals surface area contributed by atoms with Crippen LogP contribution in [0.5, 0.6) is 0 Å². The number of pyridine rings is 1. The van der Waals surface area contributed by atoms with Crippen LogP contribution in [0.1, 0.15) is 32.1 Å². The Labute approximate surface area is 109 Å². The van der Waals surface area contributed by atoms with Gasteiger partial charge in [0.25, 0.3) is 0 Å². The van der Waals surface area contributed by atoms with Crippen LogP contribution in [-0.2, 0) is 0 Å². The number of piperidine rings is 1. The van der Waals surface area contributed by atoms with E-state index >= 15 is 0 Å². The van der Waals surface area contributed by atoms with Crippen molar-refractivity contribution in [2.24, 2.45) is 17.7 Å². The Morgan fingerprint density at radius 1 is 1.22 bits per heavy atom. The first-order valence-electron chi connectivity index (χ1n) is 7.04. The number of hydrazine groups is 1. The zero-order chi connectivity index (χ0) is 12.4. The third-order valence-electron chi connectivity index (χ3n) is 4.55. The Balaban J connectivity index is 1.72. The van der Waals surface area contributed by atoms with Gasteiger partial charge in [-0.2, -0.15) is 0 Å². The summed E-state index contributed by atoms with van der Waals surface area (Å²) in [5.41, 5.74) is 3.88. The first-order chi connectivity index (χ1) is 8.86. The molecule has 0 aromatic carbocycles. The van der Waals surface area contributed by atoms with Crippen LogP contribution in [0, 0.1) is 11.8 Å². The molecule has 2 unspecified atom stereocenters. The van der Waals surface area contributed by atoms with E-state index in [9.17, 15) is 0 Å². The highest BCUT2D eigenvalue weighted by atomic mass is 15.3. The highest BCUT2D eigenvalue weighted by molar-refractivity contribution is 5.53. The molecule has 4 nitrogen and oxygen atoms in total. The number of rotatable bonds is 2. The number of nitrogens with zero attached hydrogens (tertiary/aromatic N) is 2. The zero-order valence-corrected chi connectivity index (χ0v) is 10.8. The Bertz CT molecular complexity index is 407. The van der Waals surface area contributed by atoms with E-state index in [1.807, 2.05) is 12.3 Å². The summed E-state index contributed by atoms with van der Waals surface area (Å²) in [7, 11) is 0. The van der Waals surface area contributed by atoms with Crippen molar-refractivity contribution in [2.75, 3.05) is 23.4 Å². The van der Waals surface area contributed by atoms with Crippen LogP contribution < -0.4 is 16.2 Å². The minimum atomic E-state index is 0.748. The van der Waals surface area contributed by atoms with Crippen LogP contribution in [0.3, 0.4) is 0 Å². The second-order valence-electron chi connectivity index (χ2n) is 5.58. The molecule has 98 valence electrons. The monoisotopic (exact) mass is 246 g/mol. The normalized spacial score (nSPS) is 27.7. The van der Waals surface area contributed by atoms with E-state index in [1.165, 1.54) is 50.9 Å². The maximum atomic E-state index is 5.42. The molecule has 18 heavy (non-hydrogen) atoms. The van der Waals surface area contributed by atoms with E-state index in [4.69, 9.17) is 5.84 Å². The lowest BCUT2D eigenvalue weighted by molar-refractivity contribution is 0.202. The predicted octanol–water partition coefficient (Wildman–Crippen LogP) is 2.38. The molecule has 2 aliphatic rings. The van der Waals surface area contributed by atoms with Crippen LogP contribution >= 0.6 is 0 Å². The molecule has 1 aliphatic carbocycles. The van der Waals surface area contributed by atoms with E-state index in [2.05, 4.69) is 21.4 Å². The van der Waals surface area contributed by atoms with Crippen molar-refractivity contribution in [3.8, 4) is 0 Å². The molecule has 0 radical (unpaired) electrons. The fourth-order valence-electron chi connectivity index (χ4n) is 3.53. The van der Waals surface area contributed by atoms with Crippen LogP contribution in [0.4, 0.5) is 11.5 Å². The van der Waals surface area contributed by atoms with Gasteiger partial charge in [-0.3, -0.25) is 0 Å². The number of nitrogens with two attached hydrogens (primary N) is 1. The maximum Gasteiger partial charge on any atom is 0.141 e. The lowest BCUT2D eigenvalue weighted by atomic mass is 9.75. The van der Waals surface area contributed by atoms with Crippen LogP contribution in [0.15, 0.2) is 18.3 Å². The number of fused-ring (bicyclic) bond motifs is 1. The molecule has 2 fully saturated rings. The summed E-state index contributed by atoms with van der Waals surface area (Å²) in [6.07, 6.45) is 8.90. The number of anilines is 2. The molecule has 3 N–H and O–H groups in total. The summed E-state index contributed by atoms with van der Waals surface area (Å²) in [6, 6.07) is 4.13. The average Bonchev–Trinajstić information content (AvgIpc) is 2.47. The Morgan fingerprint density at radius 3 is 2.89 bits per heavy atom. The van der Waals surface area contributed by atoms with E-state index in [-0.39, 0.29) is 0 Å². The summed E-state index contributed by atoms with van der Waals surface area (Å²) < 4.78 is 0. The summed E-state index contributed by atoms with van der Waals surface area (Å²) in [5.74, 6) is 8.05. The summed E-state index contributed by atoms with van der Waals surface area (Å²) >= 11 is 0. The van der Waals surface area contributed by atoms with Crippen molar-refractivity contribution in [2.45, 2.75) is 32.1 Å². The van der Waals surface area contributed by atoms with Crippen molar-refractivity contribution in [3.63, 3.8) is 0 Å². The first kappa shape index (κ1) is 11.8. The standard InChI is InChI=1S/C14H22N4/c15-17-14-9-13(5-7-16-14)18-8-6-11-3-1-2-4-12(11)10-18/h5,7,9,11-12H,1-4,6,8,10,15H2,(H,16,17). The van der Waals surface area contributed by atoms with E-state index < -0.39 is 0 Å². The molecule has 2 atom stereocenters. The van der Waals surface area contributed by atoms with E-state index in [0.717, 1.165) is 17.7 Å². The van der Waals surface area contributed by atoms with Crippen molar-refractivity contribution < 1.29 is 0 Å². The van der Waals surface area contributed by atoms with Crippen molar-refractivity contribution in [1.82, 2.24) is 4.98 Å². The van der Waals surface area contributed by atoms with Gasteiger partial charge in [0.15, 0.2) is 0 Å². The van der Waals surface area contributed by atoms with Gasteiger partial charge in [0, 0.05) is 31.0 Å². The van der Waals surface area contributed by atoms with Gasteiger partial charge in [-0.15, -0.1) is 0 Å². The minimum absolute atomic E-state index is 0.748. The molecular formula is C14H22N4. The number of nitrogens with one attached hydrogen (secondary N) is 1. The summed E-state index contributed by atoms with van der Waals surface area (Å²) in [6.45, 7) is 2.38. The second-order valence-corrected chi connectivity index (χ2v) is 5.58. The lowest BCUT2D eigenvalue weighted by Gasteiger charge is -2.42. The Kier molecular flexibility index (Phi) is 3.37. The summed E-state index contributed by atoms with van der Waals surface area (Å²) in [5, 5.41) is 0. The van der Waals surface area contributed by atoms with E-state index in [0.29, 0.717) is 0 Å². The quantitative estimate of drug-likeness (QED) is 0.621. The van der Waals surface area contributed by atoms with E-state index in [1.54, 1.807) is 0 Å². The SMILES string of the molecule is NNc1cc(N2CCC3CCCCC3C2)ccn1. The first-order valence-corrected chi connectivity index (χ1v) is 7.04. The van der Waals surface area contributed by atoms with Crippen LogP contribution in [-0.4, -0.2) is 18.1 Å². The smallest absolute Gasteiger partial charge is 0.141 e. The molecule has 3 rings (SSSR count). The topological polar surface area (TPSA) is 54.2 Å². The average molecular weight is 246 g/mol. The highest BCUT2D eigenvalue weighted by Gasteiger charge is 2.31. The third kappa shape index (κ3) is 2.29. The van der Waals surface area contributed by atoms with Gasteiger partial charge in [0.2, 0.25) is 0 Å². The van der Waals surface area contributed by atoms with Crippen molar-refractivity contribution in [3.05, 3.63) is 18.3 Å². The summed E-state index contributed by atoms with van der Waals surface area (Å²) in [4.78, 5) is 6.67. The van der Waals surface area contributed by atoms with Gasteiger partial charge < -0.3 is 10.3 Å². The van der Waals surface area contributed by atoms with Gasteiger partial charge in [0.05, 0.1) is 0 Å². The fourth-order valence-corrected chi connectivity index (χ4v) is 3.53. The van der Waals surface area contributed by atoms with Crippen molar-refractivity contribution >= 4 is 11.5 Å². The molecule has 1 aliphatic heterocycles. The molecule has 2 heterocycles. The predicted molar refractivity (Wildman–Crippen MR) is 74.3 cm³/mol. The van der Waals surface area contributed by atoms with Crippen LogP contribution in [0.25, 0.3) is 0 Å². The van der Waals surface area contributed by atoms with Gasteiger partial charge >= 0.3 is 0 Å². The molecule has 1 aromatic rings. The highest BCUT2D eigenvalue weighted by Crippen LogP contribution is 2.37. The number of nitrogen functional groups attached to an aromatic ring is 1. The van der Waals surface area contributed by atoms with Gasteiger partial charge in [-0.05, 0) is 30.7 Å². The molecule has 0 bridgehead atoms. The Morgan fingerprint density at radius 2 is 2.06 bits per heavy atom. The zero-order valence-electron chi connectivity index (χ0n) is 10.8. The number of aromatic nitrogens is 1. The van der Waals surface area contributed by atoms with Gasteiger partial charge in [0.1, 0.15) is 5.82 Å². The molecule has 1 aromatic heterocycles. The minimum Gasteiger partial charge on any atom is -0.371 e. The molecule has 0 amide bonds.